The highest BCUT2D eigenvalue weighted by molar-refractivity contribution is 6.01. The largest absolute Gasteiger partial charge is 0.388 e. The fraction of sp³-hybridized carbons (Fsp3) is 0.125. The molecule has 0 aliphatic carbocycles. The number of fused-ring (bicyclic) bond motifs is 2. The lowest BCUT2D eigenvalue weighted by molar-refractivity contribution is 1.12. The second-order valence-corrected chi connectivity index (χ2v) is 5.13. The molecule has 3 heterocycles. The van der Waals surface area contributed by atoms with E-state index < -0.39 is 0 Å². The quantitative estimate of drug-likeness (QED) is 0.591. The van der Waals surface area contributed by atoms with Gasteiger partial charge < -0.3 is 9.72 Å². The molecule has 4 aromatic rings. The first-order chi connectivity index (χ1) is 10.3. The Morgan fingerprint density at radius 3 is 2.90 bits per heavy atom. The van der Waals surface area contributed by atoms with Crippen LogP contribution in [-0.2, 0) is 0 Å². The number of aromatic nitrogens is 4. The molecule has 2 N–H and O–H groups in total. The van der Waals surface area contributed by atoms with Crippen molar-refractivity contribution in [2.24, 2.45) is 0 Å². The predicted octanol–water partition coefficient (Wildman–Crippen LogP) is 3.23. The van der Waals surface area contributed by atoms with Gasteiger partial charge in [-0.25, -0.2) is 4.98 Å². The van der Waals surface area contributed by atoms with Gasteiger partial charge in [-0.1, -0.05) is 0 Å². The van der Waals surface area contributed by atoms with E-state index in [2.05, 4.69) is 43.2 Å². The summed E-state index contributed by atoms with van der Waals surface area (Å²) in [6, 6.07) is 8.25. The Hall–Kier alpha value is -2.82. The highest BCUT2D eigenvalue weighted by Crippen LogP contribution is 2.34. The topological polar surface area (TPSA) is 58.0 Å². The van der Waals surface area contributed by atoms with Gasteiger partial charge in [0.1, 0.15) is 5.65 Å². The average Bonchev–Trinajstić information content (AvgIpc) is 3.09. The molecule has 5 heteroatoms. The van der Waals surface area contributed by atoms with Gasteiger partial charge in [0, 0.05) is 41.6 Å². The van der Waals surface area contributed by atoms with Gasteiger partial charge in [-0.15, -0.1) is 0 Å². The van der Waals surface area contributed by atoms with Crippen molar-refractivity contribution in [1.82, 2.24) is 19.6 Å². The summed E-state index contributed by atoms with van der Waals surface area (Å²) in [5, 5.41) is 11.6. The van der Waals surface area contributed by atoms with E-state index in [1.165, 1.54) is 0 Å². The molecule has 0 aliphatic heterocycles. The van der Waals surface area contributed by atoms with Crippen molar-refractivity contribution in [2.45, 2.75) is 6.92 Å². The molecule has 104 valence electrons. The van der Waals surface area contributed by atoms with Gasteiger partial charge in [0.05, 0.1) is 17.4 Å². The molecule has 0 saturated heterocycles. The van der Waals surface area contributed by atoms with Crippen LogP contribution in [0.15, 0.2) is 42.9 Å². The maximum absolute atomic E-state index is 4.47. The van der Waals surface area contributed by atoms with Crippen LogP contribution in [0.25, 0.3) is 27.7 Å². The molecule has 0 amide bonds. The summed E-state index contributed by atoms with van der Waals surface area (Å²) in [5.74, 6) is 0. The first kappa shape index (κ1) is 12.0. The minimum atomic E-state index is 0.960. The number of imidazole rings is 1. The molecule has 0 unspecified atom stereocenters. The van der Waals surface area contributed by atoms with Crippen molar-refractivity contribution in [2.75, 3.05) is 12.4 Å². The highest BCUT2D eigenvalue weighted by Gasteiger charge is 2.11. The zero-order valence-electron chi connectivity index (χ0n) is 11.9. The normalized spacial score (nSPS) is 11.3. The number of aromatic amines is 1. The lowest BCUT2D eigenvalue weighted by atomic mass is 10.0. The molecule has 0 fully saturated rings. The summed E-state index contributed by atoms with van der Waals surface area (Å²) in [5.41, 5.74) is 6.38. The van der Waals surface area contributed by atoms with Gasteiger partial charge in [-0.2, -0.15) is 5.10 Å². The molecule has 0 atom stereocenters. The second kappa shape index (κ2) is 4.34. The number of hydrogen-bond acceptors (Lipinski definition) is 3. The molecule has 0 saturated carbocycles. The Morgan fingerprint density at radius 2 is 2.05 bits per heavy atom. The second-order valence-electron chi connectivity index (χ2n) is 5.13. The van der Waals surface area contributed by atoms with E-state index in [1.54, 1.807) is 0 Å². The first-order valence-corrected chi connectivity index (χ1v) is 6.86. The Labute approximate surface area is 121 Å². The van der Waals surface area contributed by atoms with Crippen LogP contribution >= 0.6 is 0 Å². The van der Waals surface area contributed by atoms with Gasteiger partial charge in [-0.3, -0.25) is 5.10 Å². The molecule has 0 bridgehead atoms. The molecule has 1 aromatic carbocycles. The summed E-state index contributed by atoms with van der Waals surface area (Å²) >= 11 is 0. The maximum Gasteiger partial charge on any atom is 0.136 e. The smallest absolute Gasteiger partial charge is 0.136 e. The summed E-state index contributed by atoms with van der Waals surface area (Å²) in [7, 11) is 1.94. The van der Waals surface area contributed by atoms with Crippen LogP contribution in [0.3, 0.4) is 0 Å². The van der Waals surface area contributed by atoms with E-state index in [9.17, 15) is 0 Å². The van der Waals surface area contributed by atoms with E-state index in [1.807, 2.05) is 38.5 Å². The zero-order chi connectivity index (χ0) is 14.4. The molecule has 21 heavy (non-hydrogen) atoms. The fourth-order valence-electron chi connectivity index (χ4n) is 2.80. The zero-order valence-corrected chi connectivity index (χ0v) is 11.9. The Morgan fingerprint density at radius 1 is 1.14 bits per heavy atom. The van der Waals surface area contributed by atoms with Gasteiger partial charge in [-0.05, 0) is 31.2 Å². The van der Waals surface area contributed by atoms with Crippen LogP contribution in [0.5, 0.6) is 0 Å². The van der Waals surface area contributed by atoms with Crippen molar-refractivity contribution >= 4 is 22.2 Å². The standard InChI is InChI=1S/C16H15N5/c1-10-8-21-9-11(3-6-15(21)19-10)16-12-7-18-20-13(12)4-5-14(16)17-2/h3-9,17H,1-2H3,(H,18,20). The minimum absolute atomic E-state index is 0.960. The van der Waals surface area contributed by atoms with E-state index in [4.69, 9.17) is 0 Å². The fourth-order valence-corrected chi connectivity index (χ4v) is 2.80. The predicted molar refractivity (Wildman–Crippen MR) is 84.6 cm³/mol. The molecule has 5 nitrogen and oxygen atoms in total. The maximum atomic E-state index is 4.47. The van der Waals surface area contributed by atoms with Crippen LogP contribution in [0.4, 0.5) is 5.69 Å². The highest BCUT2D eigenvalue weighted by atomic mass is 15.1. The number of benzene rings is 1. The number of nitrogens with zero attached hydrogens (tertiary/aromatic N) is 3. The SMILES string of the molecule is CNc1ccc2[nH]ncc2c1-c1ccc2nc(C)cn2c1. The van der Waals surface area contributed by atoms with Gasteiger partial charge in [0.2, 0.25) is 0 Å². The van der Waals surface area contributed by atoms with Crippen LogP contribution < -0.4 is 5.32 Å². The van der Waals surface area contributed by atoms with Crippen LogP contribution in [-0.4, -0.2) is 26.6 Å². The van der Waals surface area contributed by atoms with Crippen molar-refractivity contribution < 1.29 is 0 Å². The van der Waals surface area contributed by atoms with Crippen molar-refractivity contribution in [3.05, 3.63) is 48.5 Å². The summed E-state index contributed by atoms with van der Waals surface area (Å²) < 4.78 is 2.06. The number of nitrogens with one attached hydrogen (secondary N) is 2. The van der Waals surface area contributed by atoms with E-state index in [-0.39, 0.29) is 0 Å². The van der Waals surface area contributed by atoms with E-state index in [0.29, 0.717) is 0 Å². The molecule has 0 spiro atoms. The number of rotatable bonds is 2. The van der Waals surface area contributed by atoms with Crippen molar-refractivity contribution in [1.29, 1.82) is 0 Å². The van der Waals surface area contributed by atoms with E-state index in [0.717, 1.165) is 39.1 Å². The lowest BCUT2D eigenvalue weighted by Gasteiger charge is -2.11. The van der Waals surface area contributed by atoms with Crippen molar-refractivity contribution in [3.8, 4) is 11.1 Å². The minimum Gasteiger partial charge on any atom is -0.388 e. The molecule has 0 aliphatic rings. The van der Waals surface area contributed by atoms with Gasteiger partial charge >= 0.3 is 0 Å². The Kier molecular flexibility index (Phi) is 2.47. The van der Waals surface area contributed by atoms with Crippen LogP contribution in [0.2, 0.25) is 0 Å². The molecule has 0 radical (unpaired) electrons. The number of hydrogen-bond donors (Lipinski definition) is 2. The number of anilines is 1. The first-order valence-electron chi connectivity index (χ1n) is 6.86. The van der Waals surface area contributed by atoms with Crippen LogP contribution in [0.1, 0.15) is 5.69 Å². The average molecular weight is 277 g/mol. The third kappa shape index (κ3) is 1.78. The molecule has 3 aromatic heterocycles. The Bertz CT molecular complexity index is 948. The molecule has 4 rings (SSSR count). The molecular formula is C16H15N5. The monoisotopic (exact) mass is 277 g/mol. The lowest BCUT2D eigenvalue weighted by Crippen LogP contribution is -1.94. The summed E-state index contributed by atoms with van der Waals surface area (Å²) in [6.45, 7) is 2.00. The number of aryl methyl sites for hydroxylation is 1. The Balaban J connectivity index is 2.04. The molecular weight excluding hydrogens is 262 g/mol. The third-order valence-corrected chi connectivity index (χ3v) is 3.75. The van der Waals surface area contributed by atoms with E-state index >= 15 is 0 Å². The number of H-pyrrole nitrogens is 1. The summed E-state index contributed by atoms with van der Waals surface area (Å²) in [4.78, 5) is 4.47. The van der Waals surface area contributed by atoms with Crippen molar-refractivity contribution in [3.63, 3.8) is 0 Å². The van der Waals surface area contributed by atoms with Gasteiger partial charge in [0.25, 0.3) is 0 Å². The third-order valence-electron chi connectivity index (χ3n) is 3.75. The van der Waals surface area contributed by atoms with Gasteiger partial charge in [0.15, 0.2) is 0 Å². The number of pyridine rings is 1. The summed E-state index contributed by atoms with van der Waals surface area (Å²) in [6.07, 6.45) is 6.01. The van der Waals surface area contributed by atoms with Crippen LogP contribution in [0, 0.1) is 6.92 Å².